The molecule has 0 radical (unpaired) electrons. The van der Waals surface area contributed by atoms with Gasteiger partial charge < -0.3 is 0 Å². The third-order valence-electron chi connectivity index (χ3n) is 3.70. The van der Waals surface area contributed by atoms with E-state index in [1.165, 1.54) is 18.4 Å². The van der Waals surface area contributed by atoms with E-state index in [-0.39, 0.29) is 5.78 Å². The molecule has 0 amide bonds. The van der Waals surface area contributed by atoms with Crippen LogP contribution in [-0.4, -0.2) is 5.78 Å². The van der Waals surface area contributed by atoms with Gasteiger partial charge in [0.25, 0.3) is 0 Å². The fourth-order valence-electron chi connectivity index (χ4n) is 2.53. The van der Waals surface area contributed by atoms with Crippen molar-refractivity contribution in [1.29, 1.82) is 0 Å². The van der Waals surface area contributed by atoms with Gasteiger partial charge in [0, 0.05) is 12.0 Å². The maximum absolute atomic E-state index is 12.4. The Labute approximate surface area is 121 Å². The lowest BCUT2D eigenvalue weighted by molar-refractivity contribution is 0.0972. The first-order valence-electron chi connectivity index (χ1n) is 7.44. The van der Waals surface area contributed by atoms with E-state index in [1.807, 2.05) is 36.4 Å². The number of rotatable bonds is 7. The van der Waals surface area contributed by atoms with Gasteiger partial charge in [-0.2, -0.15) is 0 Å². The van der Waals surface area contributed by atoms with Gasteiger partial charge in [-0.1, -0.05) is 80.4 Å². The molecule has 0 spiro atoms. The molecule has 0 aliphatic heterocycles. The summed E-state index contributed by atoms with van der Waals surface area (Å²) in [6.07, 6.45) is 4.03. The van der Waals surface area contributed by atoms with Gasteiger partial charge in [0.15, 0.2) is 5.78 Å². The van der Waals surface area contributed by atoms with Crippen LogP contribution in [0.3, 0.4) is 0 Å². The van der Waals surface area contributed by atoms with Crippen molar-refractivity contribution in [2.75, 3.05) is 0 Å². The summed E-state index contributed by atoms with van der Waals surface area (Å²) in [5.74, 6) is 0.583. The van der Waals surface area contributed by atoms with E-state index in [2.05, 4.69) is 31.2 Å². The molecule has 2 aromatic carbocycles. The summed E-state index contributed by atoms with van der Waals surface area (Å²) in [6, 6.07) is 20.0. The van der Waals surface area contributed by atoms with Crippen LogP contribution in [0.15, 0.2) is 60.7 Å². The van der Waals surface area contributed by atoms with Crippen LogP contribution in [0, 0.1) is 0 Å². The van der Waals surface area contributed by atoms with Gasteiger partial charge in [0.2, 0.25) is 0 Å². The van der Waals surface area contributed by atoms with Crippen LogP contribution >= 0.6 is 0 Å². The van der Waals surface area contributed by atoms with E-state index < -0.39 is 0 Å². The molecule has 1 nitrogen and oxygen atoms in total. The lowest BCUT2D eigenvalue weighted by Gasteiger charge is -2.16. The molecule has 2 aromatic rings. The normalized spacial score (nSPS) is 12.1. The first kappa shape index (κ1) is 14.5. The van der Waals surface area contributed by atoms with E-state index >= 15 is 0 Å². The highest BCUT2D eigenvalue weighted by Gasteiger charge is 2.16. The maximum Gasteiger partial charge on any atom is 0.163 e. The van der Waals surface area contributed by atoms with Crippen molar-refractivity contribution in [3.63, 3.8) is 0 Å². The highest BCUT2D eigenvalue weighted by Crippen LogP contribution is 2.27. The SMILES string of the molecule is CCCC[C@H](CC(=O)c1ccccc1)c1ccccc1. The molecule has 0 saturated carbocycles. The first-order chi connectivity index (χ1) is 9.81. The topological polar surface area (TPSA) is 17.1 Å². The van der Waals surface area contributed by atoms with Crippen LogP contribution in [0.1, 0.15) is 54.4 Å². The molecule has 0 bridgehead atoms. The number of benzene rings is 2. The first-order valence-corrected chi connectivity index (χ1v) is 7.44. The number of hydrogen-bond donors (Lipinski definition) is 0. The smallest absolute Gasteiger partial charge is 0.163 e. The molecule has 0 saturated heterocycles. The van der Waals surface area contributed by atoms with Crippen molar-refractivity contribution in [2.24, 2.45) is 0 Å². The molecule has 104 valence electrons. The number of ketones is 1. The van der Waals surface area contributed by atoms with Gasteiger partial charge in [-0.15, -0.1) is 0 Å². The fourth-order valence-corrected chi connectivity index (χ4v) is 2.53. The Bertz CT molecular complexity index is 516. The van der Waals surface area contributed by atoms with Crippen molar-refractivity contribution < 1.29 is 4.79 Å². The van der Waals surface area contributed by atoms with Gasteiger partial charge in [-0.3, -0.25) is 4.79 Å². The Morgan fingerprint density at radius 2 is 1.55 bits per heavy atom. The predicted molar refractivity (Wildman–Crippen MR) is 84.1 cm³/mol. The molecule has 1 heteroatoms. The lowest BCUT2D eigenvalue weighted by atomic mass is 9.87. The fraction of sp³-hybridized carbons (Fsp3) is 0.316. The molecule has 0 aliphatic carbocycles. The summed E-state index contributed by atoms with van der Waals surface area (Å²) < 4.78 is 0. The highest BCUT2D eigenvalue weighted by atomic mass is 16.1. The minimum atomic E-state index is 0.246. The number of Topliss-reactive ketones (excluding diaryl/α,β-unsaturated/α-hetero) is 1. The standard InChI is InChI=1S/C19H22O/c1-2-3-10-18(16-11-6-4-7-12-16)15-19(20)17-13-8-5-9-14-17/h4-9,11-14,18H,2-3,10,15H2,1H3/t18-/m1/s1. The quantitative estimate of drug-likeness (QED) is 0.627. The number of carbonyl (C=O) groups excluding carboxylic acids is 1. The largest absolute Gasteiger partial charge is 0.294 e. The van der Waals surface area contributed by atoms with Crippen molar-refractivity contribution >= 4 is 5.78 Å². The van der Waals surface area contributed by atoms with Gasteiger partial charge in [-0.25, -0.2) is 0 Å². The summed E-state index contributed by atoms with van der Waals surface area (Å²) in [5, 5.41) is 0. The van der Waals surface area contributed by atoms with Crippen LogP contribution in [0.5, 0.6) is 0 Å². The Morgan fingerprint density at radius 3 is 2.15 bits per heavy atom. The second-order valence-electron chi connectivity index (χ2n) is 5.24. The minimum absolute atomic E-state index is 0.246. The molecule has 0 aliphatic rings. The van der Waals surface area contributed by atoms with Crippen molar-refractivity contribution in [2.45, 2.75) is 38.5 Å². The zero-order valence-corrected chi connectivity index (χ0v) is 12.1. The Kier molecular flexibility index (Phi) is 5.55. The molecule has 1 atom stereocenters. The van der Waals surface area contributed by atoms with Gasteiger partial charge >= 0.3 is 0 Å². The van der Waals surface area contributed by atoms with E-state index in [4.69, 9.17) is 0 Å². The van der Waals surface area contributed by atoms with E-state index in [0.29, 0.717) is 12.3 Å². The molecule has 0 aromatic heterocycles. The molecule has 0 fully saturated rings. The summed E-state index contributed by atoms with van der Waals surface area (Å²) in [6.45, 7) is 2.20. The second-order valence-corrected chi connectivity index (χ2v) is 5.24. The maximum atomic E-state index is 12.4. The number of hydrogen-bond acceptors (Lipinski definition) is 1. The summed E-state index contributed by atoms with van der Waals surface area (Å²) in [7, 11) is 0. The lowest BCUT2D eigenvalue weighted by Crippen LogP contribution is -2.08. The molecule has 0 heterocycles. The molecule has 2 rings (SSSR count). The number of carbonyl (C=O) groups is 1. The van der Waals surface area contributed by atoms with Crippen LogP contribution in [0.4, 0.5) is 0 Å². The van der Waals surface area contributed by atoms with Crippen LogP contribution in [0.2, 0.25) is 0 Å². The molecule has 20 heavy (non-hydrogen) atoms. The van der Waals surface area contributed by atoms with E-state index in [1.54, 1.807) is 0 Å². The van der Waals surface area contributed by atoms with Gasteiger partial charge in [0.05, 0.1) is 0 Å². The van der Waals surface area contributed by atoms with E-state index in [0.717, 1.165) is 12.0 Å². The summed E-state index contributed by atoms with van der Waals surface area (Å²) >= 11 is 0. The van der Waals surface area contributed by atoms with Crippen LogP contribution in [-0.2, 0) is 0 Å². The van der Waals surface area contributed by atoms with Crippen LogP contribution in [0.25, 0.3) is 0 Å². The zero-order chi connectivity index (χ0) is 14.2. The Hall–Kier alpha value is -1.89. The highest BCUT2D eigenvalue weighted by molar-refractivity contribution is 5.96. The third-order valence-corrected chi connectivity index (χ3v) is 3.70. The van der Waals surface area contributed by atoms with Gasteiger partial charge in [-0.05, 0) is 17.9 Å². The molecular formula is C19H22O. The van der Waals surface area contributed by atoms with Crippen LogP contribution < -0.4 is 0 Å². The monoisotopic (exact) mass is 266 g/mol. The Morgan fingerprint density at radius 1 is 0.950 bits per heavy atom. The molecule has 0 N–H and O–H groups in total. The second kappa shape index (κ2) is 7.64. The zero-order valence-electron chi connectivity index (χ0n) is 12.1. The molecular weight excluding hydrogens is 244 g/mol. The average Bonchev–Trinajstić information content (AvgIpc) is 2.53. The van der Waals surface area contributed by atoms with E-state index in [9.17, 15) is 4.79 Å². The van der Waals surface area contributed by atoms with Crippen molar-refractivity contribution in [1.82, 2.24) is 0 Å². The van der Waals surface area contributed by atoms with Gasteiger partial charge in [0.1, 0.15) is 0 Å². The summed E-state index contributed by atoms with van der Waals surface area (Å²) in [5.41, 5.74) is 2.11. The average molecular weight is 266 g/mol. The minimum Gasteiger partial charge on any atom is -0.294 e. The predicted octanol–water partition coefficient (Wildman–Crippen LogP) is 5.23. The van der Waals surface area contributed by atoms with Crippen molar-refractivity contribution in [3.05, 3.63) is 71.8 Å². The van der Waals surface area contributed by atoms with Crippen molar-refractivity contribution in [3.8, 4) is 0 Å². The number of unbranched alkanes of at least 4 members (excludes halogenated alkanes) is 1. The summed E-state index contributed by atoms with van der Waals surface area (Å²) in [4.78, 5) is 12.4. The molecule has 0 unspecified atom stereocenters. The Balaban J connectivity index is 2.10. The third kappa shape index (κ3) is 4.06.